The van der Waals surface area contributed by atoms with Gasteiger partial charge in [0.15, 0.2) is 5.37 Å². The molecule has 154 valence electrons. The molecule has 11 heteroatoms. The molecule has 0 bridgehead atoms. The van der Waals surface area contributed by atoms with Crippen molar-refractivity contribution in [1.29, 1.82) is 0 Å². The third kappa shape index (κ3) is 5.04. The van der Waals surface area contributed by atoms with Gasteiger partial charge in [0.2, 0.25) is 5.91 Å². The summed E-state index contributed by atoms with van der Waals surface area (Å²) in [6.45, 7) is 0.106. The third-order valence-corrected chi connectivity index (χ3v) is 6.15. The minimum atomic E-state index is -3.94. The lowest BCUT2D eigenvalue weighted by Crippen LogP contribution is -2.45. The van der Waals surface area contributed by atoms with Crippen LogP contribution in [0.15, 0.2) is 48.5 Å². The molecule has 0 aromatic heterocycles. The van der Waals surface area contributed by atoms with Crippen molar-refractivity contribution in [2.24, 2.45) is 5.92 Å². The Hall–Kier alpha value is -2.66. The van der Waals surface area contributed by atoms with E-state index >= 15 is 0 Å². The number of halogens is 1. The number of esters is 1. The van der Waals surface area contributed by atoms with Gasteiger partial charge in [-0.15, -0.1) is 0 Å². The van der Waals surface area contributed by atoms with Crippen molar-refractivity contribution in [1.82, 2.24) is 10.9 Å². The van der Waals surface area contributed by atoms with Crippen LogP contribution in [0.25, 0.3) is 0 Å². The molecule has 2 unspecified atom stereocenters. The van der Waals surface area contributed by atoms with Gasteiger partial charge in [-0.2, -0.15) is 0 Å². The number of anilines is 2. The molecule has 29 heavy (non-hydrogen) atoms. The van der Waals surface area contributed by atoms with Crippen molar-refractivity contribution < 1.29 is 22.7 Å². The van der Waals surface area contributed by atoms with E-state index in [0.717, 1.165) is 0 Å². The van der Waals surface area contributed by atoms with Crippen molar-refractivity contribution in [3.63, 3.8) is 0 Å². The number of ether oxygens (including phenoxy) is 1. The van der Waals surface area contributed by atoms with Crippen LogP contribution in [0.5, 0.6) is 0 Å². The quantitative estimate of drug-likeness (QED) is 0.504. The lowest BCUT2D eigenvalue weighted by atomic mass is 10.1. The Kier molecular flexibility index (Phi) is 6.38. The number of hydrogen-bond acceptors (Lipinski definition) is 7. The maximum atomic E-state index is 12.7. The van der Waals surface area contributed by atoms with Crippen molar-refractivity contribution in [2.45, 2.75) is 5.37 Å². The molecule has 3 rings (SSSR count). The van der Waals surface area contributed by atoms with Gasteiger partial charge in [-0.1, -0.05) is 17.7 Å². The van der Waals surface area contributed by atoms with Gasteiger partial charge >= 0.3 is 5.97 Å². The number of nitrogens with one attached hydrogen (secondary N) is 4. The summed E-state index contributed by atoms with van der Waals surface area (Å²) in [6.07, 6.45) is 0. The fourth-order valence-electron chi connectivity index (χ4n) is 2.82. The number of hydrogen-bond donors (Lipinski definition) is 4. The number of amides is 1. The maximum absolute atomic E-state index is 12.7. The van der Waals surface area contributed by atoms with Crippen LogP contribution in [0, 0.1) is 5.92 Å². The predicted octanol–water partition coefficient (Wildman–Crippen LogP) is 1.56. The van der Waals surface area contributed by atoms with Crippen LogP contribution in [0.4, 0.5) is 11.4 Å². The highest BCUT2D eigenvalue weighted by molar-refractivity contribution is 7.93. The lowest BCUT2D eigenvalue weighted by Gasteiger charge is -2.19. The number of methoxy groups -OCH3 is 1. The molecule has 1 amide bonds. The summed E-state index contributed by atoms with van der Waals surface area (Å²) < 4.78 is 32.6. The highest BCUT2D eigenvalue weighted by Crippen LogP contribution is 2.21. The number of rotatable bonds is 6. The van der Waals surface area contributed by atoms with E-state index in [4.69, 9.17) is 11.6 Å². The zero-order valence-corrected chi connectivity index (χ0v) is 16.9. The second kappa shape index (κ2) is 8.78. The van der Waals surface area contributed by atoms with E-state index in [1.165, 1.54) is 25.3 Å². The van der Waals surface area contributed by atoms with E-state index < -0.39 is 33.2 Å². The molecule has 1 saturated heterocycles. The SMILES string of the molecule is COC(=O)c1cccc(NC(=O)C2CNNC2S(=O)(=O)Nc2ccc(Cl)cc2)c1. The first-order valence-corrected chi connectivity index (χ1v) is 10.5. The van der Waals surface area contributed by atoms with Gasteiger partial charge in [0, 0.05) is 22.9 Å². The number of hydrazine groups is 1. The number of carbonyl (C=O) groups excluding carboxylic acids is 2. The van der Waals surface area contributed by atoms with Gasteiger partial charge in [-0.05, 0) is 42.5 Å². The number of sulfonamides is 1. The van der Waals surface area contributed by atoms with E-state index in [1.807, 2.05) is 0 Å². The zero-order valence-electron chi connectivity index (χ0n) is 15.3. The van der Waals surface area contributed by atoms with Crippen molar-refractivity contribution in [3.05, 3.63) is 59.1 Å². The van der Waals surface area contributed by atoms with Gasteiger partial charge in [0.05, 0.1) is 18.6 Å². The van der Waals surface area contributed by atoms with E-state index in [2.05, 4.69) is 25.6 Å². The molecule has 1 heterocycles. The Morgan fingerprint density at radius 1 is 1.14 bits per heavy atom. The van der Waals surface area contributed by atoms with Crippen LogP contribution >= 0.6 is 11.6 Å². The maximum Gasteiger partial charge on any atom is 0.337 e. The minimum absolute atomic E-state index is 0.106. The third-order valence-electron chi connectivity index (χ3n) is 4.26. The van der Waals surface area contributed by atoms with Crippen LogP contribution in [-0.4, -0.2) is 39.3 Å². The smallest absolute Gasteiger partial charge is 0.337 e. The van der Waals surface area contributed by atoms with Crippen LogP contribution < -0.4 is 20.9 Å². The standard InChI is InChI=1S/C18H19ClN4O5S/c1-28-18(25)11-3-2-4-14(9-11)21-16(24)15-10-20-22-17(15)29(26,27)23-13-7-5-12(19)6-8-13/h2-9,15,17,20,22-23H,10H2,1H3,(H,21,24). The second-order valence-corrected chi connectivity index (χ2v) is 8.51. The number of carbonyl (C=O) groups is 2. The summed E-state index contributed by atoms with van der Waals surface area (Å²) >= 11 is 5.81. The van der Waals surface area contributed by atoms with Crippen molar-refractivity contribution >= 4 is 44.9 Å². The zero-order chi connectivity index (χ0) is 21.0. The second-order valence-electron chi connectivity index (χ2n) is 6.27. The molecule has 1 fully saturated rings. The van der Waals surface area contributed by atoms with E-state index in [-0.39, 0.29) is 12.1 Å². The molecule has 9 nitrogen and oxygen atoms in total. The first-order valence-electron chi connectivity index (χ1n) is 8.55. The molecular formula is C18H19ClN4O5S. The summed E-state index contributed by atoms with van der Waals surface area (Å²) in [4.78, 5) is 24.3. The average Bonchev–Trinajstić information content (AvgIpc) is 3.20. The summed E-state index contributed by atoms with van der Waals surface area (Å²) in [5.41, 5.74) is 6.27. The molecule has 0 spiro atoms. The molecule has 1 aliphatic heterocycles. The average molecular weight is 439 g/mol. The van der Waals surface area contributed by atoms with Gasteiger partial charge in [-0.25, -0.2) is 18.6 Å². The molecule has 0 saturated carbocycles. The lowest BCUT2D eigenvalue weighted by molar-refractivity contribution is -0.119. The van der Waals surface area contributed by atoms with E-state index in [9.17, 15) is 18.0 Å². The normalized spacial score (nSPS) is 18.8. The monoisotopic (exact) mass is 438 g/mol. The van der Waals surface area contributed by atoms with E-state index in [0.29, 0.717) is 16.4 Å². The Morgan fingerprint density at radius 2 is 1.86 bits per heavy atom. The van der Waals surface area contributed by atoms with Crippen molar-refractivity contribution in [3.8, 4) is 0 Å². The fourth-order valence-corrected chi connectivity index (χ4v) is 4.43. The molecule has 0 aliphatic carbocycles. The Morgan fingerprint density at radius 3 is 2.55 bits per heavy atom. The highest BCUT2D eigenvalue weighted by Gasteiger charge is 2.42. The van der Waals surface area contributed by atoms with Gasteiger partial charge in [0.25, 0.3) is 10.0 Å². The molecule has 2 atom stereocenters. The van der Waals surface area contributed by atoms with Gasteiger partial charge in [0.1, 0.15) is 0 Å². The van der Waals surface area contributed by atoms with Crippen LogP contribution in [0.2, 0.25) is 5.02 Å². The first kappa shape index (κ1) is 21.1. The minimum Gasteiger partial charge on any atom is -0.465 e. The topological polar surface area (TPSA) is 126 Å². The molecule has 1 aliphatic rings. The van der Waals surface area contributed by atoms with Gasteiger partial charge in [-0.3, -0.25) is 14.9 Å². The molecule has 2 aromatic carbocycles. The molecule has 4 N–H and O–H groups in total. The van der Waals surface area contributed by atoms with Crippen LogP contribution in [0.3, 0.4) is 0 Å². The summed E-state index contributed by atoms with van der Waals surface area (Å²) in [5, 5.41) is 1.91. The fraction of sp³-hybridized carbons (Fsp3) is 0.222. The van der Waals surface area contributed by atoms with E-state index in [1.54, 1.807) is 30.3 Å². The largest absolute Gasteiger partial charge is 0.465 e. The molecule has 0 radical (unpaired) electrons. The summed E-state index contributed by atoms with van der Waals surface area (Å²) in [7, 11) is -2.68. The summed E-state index contributed by atoms with van der Waals surface area (Å²) in [5.74, 6) is -1.98. The number of benzene rings is 2. The van der Waals surface area contributed by atoms with Gasteiger partial charge < -0.3 is 10.1 Å². The summed E-state index contributed by atoms with van der Waals surface area (Å²) in [6, 6.07) is 12.3. The first-order chi connectivity index (χ1) is 13.8. The Balaban J connectivity index is 1.73. The molecule has 2 aromatic rings. The van der Waals surface area contributed by atoms with Crippen LogP contribution in [-0.2, 0) is 19.6 Å². The Labute approximate surface area is 172 Å². The Bertz CT molecular complexity index is 1010. The predicted molar refractivity (Wildman–Crippen MR) is 109 cm³/mol. The van der Waals surface area contributed by atoms with Crippen molar-refractivity contribution in [2.75, 3.05) is 23.7 Å². The van der Waals surface area contributed by atoms with Crippen LogP contribution in [0.1, 0.15) is 10.4 Å². The molecular weight excluding hydrogens is 420 g/mol. The highest BCUT2D eigenvalue weighted by atomic mass is 35.5.